The third kappa shape index (κ3) is 1.73. The molecule has 0 saturated heterocycles. The lowest BCUT2D eigenvalue weighted by Crippen LogP contribution is -1.88. The molecule has 0 atom stereocenters. The molecule has 0 aliphatic rings. The van der Waals surface area contributed by atoms with Crippen molar-refractivity contribution in [1.29, 1.82) is 0 Å². The van der Waals surface area contributed by atoms with Crippen LogP contribution in [0.1, 0.15) is 17.8 Å². The number of alkyl halides is 1. The number of H-pyrrole nitrogens is 1. The van der Waals surface area contributed by atoms with Gasteiger partial charge in [0.2, 0.25) is 0 Å². The van der Waals surface area contributed by atoms with Crippen molar-refractivity contribution < 1.29 is 0 Å². The Hall–Kier alpha value is -1.09. The SMILES string of the molecule is Cc1ccnc2nc(CCCCl)[nH]c12. The molecule has 74 valence electrons. The number of pyridine rings is 1. The summed E-state index contributed by atoms with van der Waals surface area (Å²) in [6, 6.07) is 1.98. The number of halogens is 1. The summed E-state index contributed by atoms with van der Waals surface area (Å²) in [5.41, 5.74) is 3.02. The van der Waals surface area contributed by atoms with Crippen molar-refractivity contribution in [3.05, 3.63) is 23.7 Å². The van der Waals surface area contributed by atoms with Gasteiger partial charge in [0.05, 0.1) is 5.52 Å². The van der Waals surface area contributed by atoms with Crippen LogP contribution in [0.4, 0.5) is 0 Å². The molecule has 0 aliphatic heterocycles. The van der Waals surface area contributed by atoms with E-state index in [-0.39, 0.29) is 0 Å². The van der Waals surface area contributed by atoms with Gasteiger partial charge in [0.15, 0.2) is 5.65 Å². The number of hydrogen-bond donors (Lipinski definition) is 1. The van der Waals surface area contributed by atoms with E-state index in [1.54, 1.807) is 6.20 Å². The Labute approximate surface area is 87.5 Å². The highest BCUT2D eigenvalue weighted by Gasteiger charge is 2.04. The summed E-state index contributed by atoms with van der Waals surface area (Å²) in [7, 11) is 0. The van der Waals surface area contributed by atoms with Crippen molar-refractivity contribution in [2.75, 3.05) is 5.88 Å². The first-order valence-electron chi connectivity index (χ1n) is 4.67. The van der Waals surface area contributed by atoms with Crippen LogP contribution in [0.3, 0.4) is 0 Å². The predicted octanol–water partition coefficient (Wildman–Crippen LogP) is 2.44. The van der Waals surface area contributed by atoms with E-state index in [1.165, 1.54) is 5.56 Å². The van der Waals surface area contributed by atoms with Crippen LogP contribution in [-0.2, 0) is 6.42 Å². The summed E-state index contributed by atoms with van der Waals surface area (Å²) in [6.07, 6.45) is 3.61. The second-order valence-electron chi connectivity index (χ2n) is 3.30. The number of aromatic nitrogens is 3. The van der Waals surface area contributed by atoms with Crippen LogP contribution in [0.25, 0.3) is 11.2 Å². The second-order valence-corrected chi connectivity index (χ2v) is 3.68. The highest BCUT2D eigenvalue weighted by molar-refractivity contribution is 6.17. The summed E-state index contributed by atoms with van der Waals surface area (Å²) >= 11 is 5.62. The van der Waals surface area contributed by atoms with Gasteiger partial charge in [0.1, 0.15) is 5.82 Å². The summed E-state index contributed by atoms with van der Waals surface area (Å²) in [6.45, 7) is 2.05. The van der Waals surface area contributed by atoms with E-state index in [9.17, 15) is 0 Å². The number of nitrogens with one attached hydrogen (secondary N) is 1. The van der Waals surface area contributed by atoms with Crippen LogP contribution >= 0.6 is 11.6 Å². The molecule has 0 aliphatic carbocycles. The van der Waals surface area contributed by atoms with Crippen molar-refractivity contribution in [2.24, 2.45) is 0 Å². The van der Waals surface area contributed by atoms with Crippen LogP contribution in [0.5, 0.6) is 0 Å². The fourth-order valence-electron chi connectivity index (χ4n) is 1.44. The Morgan fingerprint density at radius 1 is 1.50 bits per heavy atom. The Bertz CT molecular complexity index is 436. The number of rotatable bonds is 3. The highest BCUT2D eigenvalue weighted by atomic mass is 35.5. The first-order chi connectivity index (χ1) is 6.81. The molecule has 0 aromatic carbocycles. The highest BCUT2D eigenvalue weighted by Crippen LogP contribution is 2.13. The fourth-order valence-corrected chi connectivity index (χ4v) is 1.57. The molecule has 0 radical (unpaired) electrons. The van der Waals surface area contributed by atoms with E-state index < -0.39 is 0 Å². The number of nitrogens with zero attached hydrogens (tertiary/aromatic N) is 2. The van der Waals surface area contributed by atoms with Crippen LogP contribution in [0, 0.1) is 6.92 Å². The number of hydrogen-bond acceptors (Lipinski definition) is 2. The van der Waals surface area contributed by atoms with E-state index in [4.69, 9.17) is 11.6 Å². The molecule has 0 amide bonds. The summed E-state index contributed by atoms with van der Waals surface area (Å²) in [5, 5.41) is 0. The quantitative estimate of drug-likeness (QED) is 0.789. The average Bonchev–Trinajstić information content (AvgIpc) is 2.59. The van der Waals surface area contributed by atoms with Gasteiger partial charge in [0.25, 0.3) is 0 Å². The zero-order valence-electron chi connectivity index (χ0n) is 8.05. The van der Waals surface area contributed by atoms with Gasteiger partial charge in [-0.25, -0.2) is 9.97 Å². The van der Waals surface area contributed by atoms with Gasteiger partial charge in [-0.3, -0.25) is 0 Å². The maximum absolute atomic E-state index is 5.62. The van der Waals surface area contributed by atoms with Gasteiger partial charge in [-0.1, -0.05) is 0 Å². The van der Waals surface area contributed by atoms with Crippen molar-refractivity contribution in [3.8, 4) is 0 Å². The Kier molecular flexibility index (Phi) is 2.68. The van der Waals surface area contributed by atoms with Gasteiger partial charge in [-0.2, -0.15) is 0 Å². The first-order valence-corrected chi connectivity index (χ1v) is 5.21. The minimum Gasteiger partial charge on any atom is -0.340 e. The number of aryl methyl sites for hydroxylation is 2. The molecular formula is C10H12ClN3. The zero-order valence-corrected chi connectivity index (χ0v) is 8.80. The van der Waals surface area contributed by atoms with Gasteiger partial charge in [0, 0.05) is 18.5 Å². The van der Waals surface area contributed by atoms with Crippen molar-refractivity contribution in [1.82, 2.24) is 15.0 Å². The third-order valence-corrected chi connectivity index (χ3v) is 2.46. The molecule has 4 heteroatoms. The summed E-state index contributed by atoms with van der Waals surface area (Å²) in [5.74, 6) is 1.64. The van der Waals surface area contributed by atoms with Gasteiger partial charge in [-0.15, -0.1) is 11.6 Å². The lowest BCUT2D eigenvalue weighted by atomic mass is 10.3. The molecule has 0 fully saturated rings. The summed E-state index contributed by atoms with van der Waals surface area (Å²) < 4.78 is 0. The molecule has 3 nitrogen and oxygen atoms in total. The Morgan fingerprint density at radius 3 is 3.07 bits per heavy atom. The molecule has 2 aromatic rings. The molecule has 0 bridgehead atoms. The average molecular weight is 210 g/mol. The Balaban J connectivity index is 2.36. The van der Waals surface area contributed by atoms with Gasteiger partial charge < -0.3 is 4.98 Å². The van der Waals surface area contributed by atoms with Crippen LogP contribution < -0.4 is 0 Å². The molecule has 2 aromatic heterocycles. The fraction of sp³-hybridized carbons (Fsp3) is 0.400. The van der Waals surface area contributed by atoms with Crippen LogP contribution in [-0.4, -0.2) is 20.8 Å². The van der Waals surface area contributed by atoms with Crippen molar-refractivity contribution in [2.45, 2.75) is 19.8 Å². The van der Waals surface area contributed by atoms with Gasteiger partial charge in [-0.05, 0) is 25.0 Å². The molecule has 1 N–H and O–H groups in total. The molecular weight excluding hydrogens is 198 g/mol. The van der Waals surface area contributed by atoms with E-state index in [0.29, 0.717) is 5.88 Å². The molecule has 0 saturated carbocycles. The standard InChI is InChI=1S/C10H12ClN3/c1-7-4-6-12-10-9(7)13-8(14-10)3-2-5-11/h4,6H,2-3,5H2,1H3,(H,12,13,14). The molecule has 0 spiro atoms. The topological polar surface area (TPSA) is 41.6 Å². The van der Waals surface area contributed by atoms with E-state index in [2.05, 4.69) is 15.0 Å². The van der Waals surface area contributed by atoms with E-state index in [1.807, 2.05) is 13.0 Å². The molecule has 2 rings (SSSR count). The predicted molar refractivity (Wildman–Crippen MR) is 57.7 cm³/mol. The minimum absolute atomic E-state index is 0.670. The van der Waals surface area contributed by atoms with E-state index >= 15 is 0 Å². The number of imidazole rings is 1. The lowest BCUT2D eigenvalue weighted by Gasteiger charge is -1.91. The first kappa shape index (κ1) is 9.46. The van der Waals surface area contributed by atoms with Gasteiger partial charge >= 0.3 is 0 Å². The smallest absolute Gasteiger partial charge is 0.177 e. The maximum Gasteiger partial charge on any atom is 0.177 e. The Morgan fingerprint density at radius 2 is 2.36 bits per heavy atom. The maximum atomic E-state index is 5.62. The molecule has 0 unspecified atom stereocenters. The molecule has 2 heterocycles. The summed E-state index contributed by atoms with van der Waals surface area (Å²) in [4.78, 5) is 11.8. The minimum atomic E-state index is 0.670. The monoisotopic (exact) mass is 209 g/mol. The van der Waals surface area contributed by atoms with E-state index in [0.717, 1.165) is 29.8 Å². The largest absolute Gasteiger partial charge is 0.340 e. The molecule has 14 heavy (non-hydrogen) atoms. The van der Waals surface area contributed by atoms with Crippen LogP contribution in [0.15, 0.2) is 12.3 Å². The van der Waals surface area contributed by atoms with Crippen LogP contribution in [0.2, 0.25) is 0 Å². The lowest BCUT2D eigenvalue weighted by molar-refractivity contribution is 0.865. The third-order valence-electron chi connectivity index (χ3n) is 2.20. The van der Waals surface area contributed by atoms with Crippen molar-refractivity contribution >= 4 is 22.8 Å². The normalized spacial score (nSPS) is 11.0. The second kappa shape index (κ2) is 3.96. The zero-order chi connectivity index (χ0) is 9.97. The van der Waals surface area contributed by atoms with Crippen molar-refractivity contribution in [3.63, 3.8) is 0 Å². The number of aromatic amines is 1. The number of fused-ring (bicyclic) bond motifs is 1.